The molecule has 2 aromatic carbocycles. The molecule has 2 N–H and O–H groups in total. The predicted octanol–water partition coefficient (Wildman–Crippen LogP) is 4.29. The van der Waals surface area contributed by atoms with Crippen molar-refractivity contribution in [3.63, 3.8) is 0 Å². The molecule has 0 spiro atoms. The summed E-state index contributed by atoms with van der Waals surface area (Å²) in [4.78, 5) is 17.2. The second kappa shape index (κ2) is 6.71. The molecule has 0 atom stereocenters. The molecule has 0 radical (unpaired) electrons. The number of hydrogen-bond donors (Lipinski definition) is 1. The van der Waals surface area contributed by atoms with Crippen LogP contribution < -0.4 is 10.5 Å². The maximum absolute atomic E-state index is 12.7. The van der Waals surface area contributed by atoms with Crippen molar-refractivity contribution < 1.29 is 14.3 Å². The van der Waals surface area contributed by atoms with Crippen LogP contribution in [0.2, 0.25) is 0 Å². The van der Waals surface area contributed by atoms with Gasteiger partial charge >= 0.3 is 6.09 Å². The molecule has 136 valence electrons. The first kappa shape index (κ1) is 17.8. The van der Waals surface area contributed by atoms with Crippen molar-refractivity contribution in [3.8, 4) is 5.75 Å². The van der Waals surface area contributed by atoms with E-state index >= 15 is 0 Å². The summed E-state index contributed by atoms with van der Waals surface area (Å²) in [6, 6.07) is 12.9. The number of nitrogens with two attached hydrogens (primary N) is 1. The highest BCUT2D eigenvalue weighted by Gasteiger charge is 2.23. The van der Waals surface area contributed by atoms with E-state index < -0.39 is 11.7 Å². The van der Waals surface area contributed by atoms with Gasteiger partial charge in [-0.25, -0.2) is 14.3 Å². The fourth-order valence-electron chi connectivity index (χ4n) is 2.57. The van der Waals surface area contributed by atoms with Gasteiger partial charge in [0.05, 0.1) is 11.0 Å². The number of nitrogens with zero attached hydrogens (tertiary/aromatic N) is 2. The average molecular weight is 353 g/mol. The quantitative estimate of drug-likeness (QED) is 0.711. The smallest absolute Gasteiger partial charge is 0.420 e. The minimum atomic E-state index is -0.603. The molecule has 26 heavy (non-hydrogen) atoms. The highest BCUT2D eigenvalue weighted by Crippen LogP contribution is 2.22. The topological polar surface area (TPSA) is 79.4 Å². The first-order valence-electron chi connectivity index (χ1n) is 8.43. The summed E-state index contributed by atoms with van der Waals surface area (Å²) in [5, 5.41) is 0. The van der Waals surface area contributed by atoms with Gasteiger partial charge in [0.25, 0.3) is 0 Å². The number of carbonyl (C=O) groups excluding carboxylic acids is 1. The Bertz CT molecular complexity index is 955. The zero-order chi connectivity index (χ0) is 18.9. The number of aromatic nitrogens is 2. The van der Waals surface area contributed by atoms with Crippen LogP contribution in [0.3, 0.4) is 0 Å². The number of para-hydroxylation sites is 2. The molecule has 6 nitrogen and oxygen atoms in total. The van der Waals surface area contributed by atoms with Crippen LogP contribution in [0.1, 0.15) is 32.2 Å². The number of carbonyl (C=O) groups is 1. The zero-order valence-corrected chi connectivity index (χ0v) is 15.4. The fraction of sp³-hybridized carbons (Fsp3) is 0.300. The van der Waals surface area contributed by atoms with E-state index in [1.807, 2.05) is 58.0 Å². The van der Waals surface area contributed by atoms with Crippen molar-refractivity contribution >= 4 is 22.8 Å². The normalized spacial score (nSPS) is 11.5. The molecular weight excluding hydrogens is 330 g/mol. The first-order chi connectivity index (χ1) is 12.2. The zero-order valence-electron chi connectivity index (χ0n) is 15.4. The number of rotatable bonds is 3. The van der Waals surface area contributed by atoms with Crippen molar-refractivity contribution in [2.45, 2.75) is 39.9 Å². The minimum absolute atomic E-state index is 0.136. The molecule has 0 saturated heterocycles. The fourth-order valence-corrected chi connectivity index (χ4v) is 2.57. The summed E-state index contributed by atoms with van der Waals surface area (Å²) in [5.41, 5.74) is 8.28. The van der Waals surface area contributed by atoms with E-state index in [1.54, 1.807) is 12.1 Å². The minimum Gasteiger partial charge on any atom is -0.486 e. The lowest BCUT2D eigenvalue weighted by atomic mass is 10.2. The Kier molecular flexibility index (Phi) is 4.59. The van der Waals surface area contributed by atoms with Gasteiger partial charge in [0, 0.05) is 5.69 Å². The number of anilines is 1. The summed E-state index contributed by atoms with van der Waals surface area (Å²) in [6.45, 7) is 7.54. The van der Waals surface area contributed by atoms with Crippen LogP contribution in [-0.4, -0.2) is 21.2 Å². The lowest BCUT2D eigenvalue weighted by molar-refractivity contribution is 0.0533. The summed E-state index contributed by atoms with van der Waals surface area (Å²) in [5.74, 6) is 1.15. The highest BCUT2D eigenvalue weighted by atomic mass is 16.6. The number of ether oxygens (including phenoxy) is 2. The van der Waals surface area contributed by atoms with Gasteiger partial charge in [-0.3, -0.25) is 0 Å². The number of hydrogen-bond acceptors (Lipinski definition) is 5. The van der Waals surface area contributed by atoms with Gasteiger partial charge < -0.3 is 15.2 Å². The van der Waals surface area contributed by atoms with E-state index in [0.29, 0.717) is 28.3 Å². The lowest BCUT2D eigenvalue weighted by Gasteiger charge is -2.20. The van der Waals surface area contributed by atoms with Gasteiger partial charge in [0.2, 0.25) is 0 Å². The van der Waals surface area contributed by atoms with Crippen LogP contribution >= 0.6 is 0 Å². The molecule has 0 saturated carbocycles. The van der Waals surface area contributed by atoms with Crippen molar-refractivity contribution in [1.29, 1.82) is 0 Å². The van der Waals surface area contributed by atoms with E-state index in [9.17, 15) is 4.79 Å². The number of fused-ring (bicyclic) bond motifs is 1. The van der Waals surface area contributed by atoms with Crippen LogP contribution in [0, 0.1) is 6.92 Å². The van der Waals surface area contributed by atoms with Gasteiger partial charge in [-0.15, -0.1) is 0 Å². The van der Waals surface area contributed by atoms with Gasteiger partial charge in [0.15, 0.2) is 5.82 Å². The maximum atomic E-state index is 12.7. The third kappa shape index (κ3) is 3.79. The number of imidazole rings is 1. The predicted molar refractivity (Wildman–Crippen MR) is 101 cm³/mol. The van der Waals surface area contributed by atoms with Crippen molar-refractivity contribution in [3.05, 3.63) is 53.9 Å². The summed E-state index contributed by atoms with van der Waals surface area (Å²) in [7, 11) is 0. The standard InChI is InChI=1S/C20H23N3O3/c1-13-11-14(9-10-15(13)21)25-12-18-22-16-7-5-6-8-17(16)23(18)19(24)26-20(2,3)4/h5-11H,12,21H2,1-4H3. The van der Waals surface area contributed by atoms with Crippen LogP contribution in [0.25, 0.3) is 11.0 Å². The Morgan fingerprint density at radius 1 is 1.19 bits per heavy atom. The number of benzene rings is 2. The summed E-state index contributed by atoms with van der Waals surface area (Å²) < 4.78 is 12.8. The average Bonchev–Trinajstić information content (AvgIpc) is 2.93. The molecule has 0 aliphatic carbocycles. The Morgan fingerprint density at radius 3 is 2.62 bits per heavy atom. The molecule has 3 aromatic rings. The van der Waals surface area contributed by atoms with Crippen molar-refractivity contribution in [1.82, 2.24) is 9.55 Å². The molecule has 3 rings (SSSR count). The SMILES string of the molecule is Cc1cc(OCc2nc3ccccc3n2C(=O)OC(C)(C)C)ccc1N. The monoisotopic (exact) mass is 353 g/mol. The molecule has 0 aliphatic heterocycles. The van der Waals surface area contributed by atoms with Gasteiger partial charge in [-0.05, 0) is 63.6 Å². The first-order valence-corrected chi connectivity index (χ1v) is 8.43. The molecule has 0 unspecified atom stereocenters. The van der Waals surface area contributed by atoms with Crippen LogP contribution in [0.5, 0.6) is 5.75 Å². The summed E-state index contributed by atoms with van der Waals surface area (Å²) in [6.07, 6.45) is -0.474. The van der Waals surface area contributed by atoms with E-state index in [0.717, 1.165) is 5.56 Å². The Morgan fingerprint density at radius 2 is 1.92 bits per heavy atom. The third-order valence-corrected chi connectivity index (χ3v) is 3.82. The van der Waals surface area contributed by atoms with E-state index in [2.05, 4.69) is 4.98 Å². The van der Waals surface area contributed by atoms with Gasteiger partial charge in [-0.2, -0.15) is 0 Å². The molecule has 0 aliphatic rings. The molecular formula is C20H23N3O3. The van der Waals surface area contributed by atoms with Gasteiger partial charge in [-0.1, -0.05) is 12.1 Å². The van der Waals surface area contributed by atoms with Gasteiger partial charge in [0.1, 0.15) is 18.0 Å². The third-order valence-electron chi connectivity index (χ3n) is 3.82. The molecule has 0 fully saturated rings. The second-order valence-corrected chi connectivity index (χ2v) is 7.14. The van der Waals surface area contributed by atoms with Crippen LogP contribution in [0.4, 0.5) is 10.5 Å². The van der Waals surface area contributed by atoms with E-state index in [-0.39, 0.29) is 6.61 Å². The molecule has 6 heteroatoms. The van der Waals surface area contributed by atoms with Crippen molar-refractivity contribution in [2.24, 2.45) is 0 Å². The molecule has 0 bridgehead atoms. The van der Waals surface area contributed by atoms with E-state index in [1.165, 1.54) is 4.57 Å². The number of nitrogen functional groups attached to an aromatic ring is 1. The number of aryl methyl sites for hydroxylation is 1. The maximum Gasteiger partial charge on any atom is 0.420 e. The Hall–Kier alpha value is -3.02. The molecule has 1 aromatic heterocycles. The van der Waals surface area contributed by atoms with Crippen molar-refractivity contribution in [2.75, 3.05) is 5.73 Å². The molecule has 0 amide bonds. The Labute approximate surface area is 152 Å². The Balaban J connectivity index is 1.93. The lowest BCUT2D eigenvalue weighted by Crippen LogP contribution is -2.28. The second-order valence-electron chi connectivity index (χ2n) is 7.14. The molecule has 1 heterocycles. The van der Waals surface area contributed by atoms with Crippen LogP contribution in [0.15, 0.2) is 42.5 Å². The van der Waals surface area contributed by atoms with E-state index in [4.69, 9.17) is 15.2 Å². The summed E-state index contributed by atoms with van der Waals surface area (Å²) >= 11 is 0. The highest BCUT2D eigenvalue weighted by molar-refractivity contribution is 5.87. The van der Waals surface area contributed by atoms with Crippen LogP contribution in [-0.2, 0) is 11.3 Å². The largest absolute Gasteiger partial charge is 0.486 e.